The summed E-state index contributed by atoms with van der Waals surface area (Å²) in [4.78, 5) is 27.6. The van der Waals surface area contributed by atoms with Crippen molar-refractivity contribution in [2.45, 2.75) is 13.0 Å². The Labute approximate surface area is 166 Å². The molecule has 0 amide bonds. The van der Waals surface area contributed by atoms with Crippen molar-refractivity contribution in [3.8, 4) is 11.5 Å². The van der Waals surface area contributed by atoms with Gasteiger partial charge in [0, 0.05) is 36.6 Å². The Morgan fingerprint density at radius 1 is 1.31 bits per heavy atom. The zero-order chi connectivity index (χ0) is 21.1. The van der Waals surface area contributed by atoms with Gasteiger partial charge < -0.3 is 19.7 Å². The monoisotopic (exact) mass is 396 g/mol. The first-order valence-corrected chi connectivity index (χ1v) is 8.75. The molecule has 1 unspecified atom stereocenters. The van der Waals surface area contributed by atoms with Gasteiger partial charge in [0.15, 0.2) is 5.82 Å². The van der Waals surface area contributed by atoms with Crippen LogP contribution >= 0.6 is 0 Å². The number of carbonyl (C=O) groups excluding carboxylic acids is 1. The number of phenolic OH excluding ortho intramolecular Hbond substituents is 1. The van der Waals surface area contributed by atoms with Crippen LogP contribution in [0.3, 0.4) is 0 Å². The lowest BCUT2D eigenvalue weighted by Gasteiger charge is -2.18. The van der Waals surface area contributed by atoms with Crippen LogP contribution in [0.4, 0.5) is 11.4 Å². The Kier molecular flexibility index (Phi) is 5.49. The number of ketones is 1. The number of anilines is 1. The van der Waals surface area contributed by atoms with E-state index in [1.165, 1.54) is 37.6 Å². The van der Waals surface area contributed by atoms with E-state index in [1.54, 1.807) is 36.9 Å². The molecule has 2 N–H and O–H groups in total. The average molecular weight is 396 g/mol. The Morgan fingerprint density at radius 3 is 2.69 bits per heavy atom. The summed E-state index contributed by atoms with van der Waals surface area (Å²) in [5.41, 5.74) is 0.653. The minimum absolute atomic E-state index is 0.0371. The van der Waals surface area contributed by atoms with E-state index in [0.29, 0.717) is 11.3 Å². The first-order valence-electron chi connectivity index (χ1n) is 8.75. The molecule has 0 aliphatic carbocycles. The van der Waals surface area contributed by atoms with Crippen LogP contribution in [0.15, 0.2) is 48.8 Å². The lowest BCUT2D eigenvalue weighted by molar-refractivity contribution is -0.384. The molecule has 1 aromatic heterocycles. The van der Waals surface area contributed by atoms with E-state index in [1.807, 2.05) is 0 Å². The van der Waals surface area contributed by atoms with Gasteiger partial charge in [0.05, 0.1) is 18.1 Å². The lowest BCUT2D eigenvalue weighted by atomic mass is 10.0. The predicted molar refractivity (Wildman–Crippen MR) is 106 cm³/mol. The normalized spacial score (nSPS) is 11.7. The molecule has 29 heavy (non-hydrogen) atoms. The highest BCUT2D eigenvalue weighted by Gasteiger charge is 2.22. The lowest BCUT2D eigenvalue weighted by Crippen LogP contribution is -2.11. The molecule has 0 radical (unpaired) electrons. The summed E-state index contributed by atoms with van der Waals surface area (Å²) >= 11 is 0. The maximum absolute atomic E-state index is 12.6. The van der Waals surface area contributed by atoms with Crippen LogP contribution in [0, 0.1) is 10.1 Å². The first kappa shape index (κ1) is 19.9. The van der Waals surface area contributed by atoms with Crippen LogP contribution in [0.2, 0.25) is 0 Å². The van der Waals surface area contributed by atoms with Crippen LogP contribution in [0.5, 0.6) is 11.5 Å². The van der Waals surface area contributed by atoms with Crippen LogP contribution < -0.4 is 10.1 Å². The van der Waals surface area contributed by atoms with Gasteiger partial charge in [0.25, 0.3) is 5.69 Å². The second kappa shape index (κ2) is 8.01. The summed E-state index contributed by atoms with van der Waals surface area (Å²) in [7, 11) is 3.18. The van der Waals surface area contributed by atoms with Crippen molar-refractivity contribution in [1.82, 2.24) is 9.55 Å². The number of ether oxygens (including phenoxy) is 1. The van der Waals surface area contributed by atoms with Gasteiger partial charge in [-0.1, -0.05) is 0 Å². The molecule has 0 aliphatic rings. The second-order valence-corrected chi connectivity index (χ2v) is 6.47. The van der Waals surface area contributed by atoms with E-state index in [-0.39, 0.29) is 28.5 Å². The van der Waals surface area contributed by atoms with Crippen LogP contribution in [-0.4, -0.2) is 32.5 Å². The van der Waals surface area contributed by atoms with E-state index in [0.717, 1.165) is 0 Å². The maximum atomic E-state index is 12.6. The highest BCUT2D eigenvalue weighted by atomic mass is 16.6. The average Bonchev–Trinajstić information content (AvgIpc) is 3.13. The number of rotatable bonds is 7. The van der Waals surface area contributed by atoms with E-state index in [4.69, 9.17) is 4.74 Å². The molecular formula is C20H20N4O5. The molecule has 0 bridgehead atoms. The summed E-state index contributed by atoms with van der Waals surface area (Å²) in [6.45, 7) is 1.76. The van der Waals surface area contributed by atoms with Crippen molar-refractivity contribution in [1.29, 1.82) is 0 Å². The number of nitrogens with one attached hydrogen (secondary N) is 1. The van der Waals surface area contributed by atoms with Gasteiger partial charge in [-0.3, -0.25) is 14.9 Å². The van der Waals surface area contributed by atoms with E-state index in [2.05, 4.69) is 10.3 Å². The molecule has 3 rings (SSSR count). The number of aryl methyl sites for hydroxylation is 1. The second-order valence-electron chi connectivity index (χ2n) is 6.47. The number of imidazole rings is 1. The SMILES string of the molecule is COc1ccc(O)c(C(C)Nc2ccc(C(=O)c3nccn3C)cc2[N+](=O)[O-])c1. The summed E-state index contributed by atoms with van der Waals surface area (Å²) in [5, 5.41) is 24.7. The van der Waals surface area contributed by atoms with Crippen molar-refractivity contribution >= 4 is 17.2 Å². The number of aromatic nitrogens is 2. The summed E-state index contributed by atoms with van der Waals surface area (Å²) < 4.78 is 6.72. The zero-order valence-electron chi connectivity index (χ0n) is 16.1. The Morgan fingerprint density at radius 2 is 2.07 bits per heavy atom. The molecule has 3 aromatic rings. The molecule has 0 fully saturated rings. The van der Waals surface area contributed by atoms with Crippen molar-refractivity contribution in [2.24, 2.45) is 7.05 Å². The van der Waals surface area contributed by atoms with Gasteiger partial charge in [-0.2, -0.15) is 0 Å². The smallest absolute Gasteiger partial charge is 0.293 e. The number of phenols is 1. The van der Waals surface area contributed by atoms with Gasteiger partial charge in [0.2, 0.25) is 5.78 Å². The number of hydrogen-bond acceptors (Lipinski definition) is 7. The summed E-state index contributed by atoms with van der Waals surface area (Å²) in [6, 6.07) is 8.50. The molecule has 9 nitrogen and oxygen atoms in total. The van der Waals surface area contributed by atoms with Crippen LogP contribution in [0.1, 0.15) is 34.7 Å². The quantitative estimate of drug-likeness (QED) is 0.356. The third-order valence-corrected chi connectivity index (χ3v) is 4.55. The van der Waals surface area contributed by atoms with E-state index in [9.17, 15) is 20.0 Å². The third kappa shape index (κ3) is 4.03. The highest BCUT2D eigenvalue weighted by Crippen LogP contribution is 2.34. The Balaban J connectivity index is 1.93. The molecule has 9 heteroatoms. The minimum atomic E-state index is -0.560. The Hall–Kier alpha value is -3.88. The number of carbonyl (C=O) groups is 1. The zero-order valence-corrected chi connectivity index (χ0v) is 16.1. The van der Waals surface area contributed by atoms with E-state index >= 15 is 0 Å². The van der Waals surface area contributed by atoms with Gasteiger partial charge in [-0.25, -0.2) is 4.98 Å². The molecule has 1 atom stereocenters. The molecule has 150 valence electrons. The fourth-order valence-electron chi connectivity index (χ4n) is 2.98. The summed E-state index contributed by atoms with van der Waals surface area (Å²) in [6.07, 6.45) is 3.11. The van der Waals surface area contributed by atoms with Crippen LogP contribution in [-0.2, 0) is 7.05 Å². The van der Waals surface area contributed by atoms with Crippen molar-refractivity contribution in [3.63, 3.8) is 0 Å². The predicted octanol–water partition coefficient (Wildman–Crippen LogP) is 3.45. The number of hydrogen-bond donors (Lipinski definition) is 2. The minimum Gasteiger partial charge on any atom is -0.508 e. The summed E-state index contributed by atoms with van der Waals surface area (Å²) in [5.74, 6) is 0.368. The van der Waals surface area contributed by atoms with Gasteiger partial charge in [-0.05, 0) is 37.3 Å². The Bertz CT molecular complexity index is 1080. The molecule has 0 saturated carbocycles. The maximum Gasteiger partial charge on any atom is 0.293 e. The molecule has 2 aromatic carbocycles. The van der Waals surface area contributed by atoms with Gasteiger partial charge in [0.1, 0.15) is 17.2 Å². The first-order chi connectivity index (χ1) is 13.8. The fraction of sp³-hybridized carbons (Fsp3) is 0.200. The van der Waals surface area contributed by atoms with Gasteiger partial charge >= 0.3 is 0 Å². The number of nitro groups is 1. The molecule has 1 heterocycles. The number of nitro benzene ring substituents is 1. The standard InChI is InChI=1S/C20H20N4O5/c1-12(15-11-14(29-3)5-7-18(15)25)22-16-6-4-13(10-17(16)24(27)28)19(26)20-21-8-9-23(20)2/h4-12,22,25H,1-3H3. The number of aromatic hydroxyl groups is 1. The largest absolute Gasteiger partial charge is 0.508 e. The number of methoxy groups -OCH3 is 1. The van der Waals surface area contributed by atoms with Crippen molar-refractivity contribution < 1.29 is 19.6 Å². The molecule has 0 aliphatic heterocycles. The molecule has 0 saturated heterocycles. The van der Waals surface area contributed by atoms with E-state index < -0.39 is 16.7 Å². The van der Waals surface area contributed by atoms with Crippen molar-refractivity contribution in [3.05, 3.63) is 75.9 Å². The number of nitrogens with zero attached hydrogens (tertiary/aromatic N) is 3. The van der Waals surface area contributed by atoms with Gasteiger partial charge in [-0.15, -0.1) is 0 Å². The topological polar surface area (TPSA) is 120 Å². The van der Waals surface area contributed by atoms with Crippen molar-refractivity contribution in [2.75, 3.05) is 12.4 Å². The number of benzene rings is 2. The highest BCUT2D eigenvalue weighted by molar-refractivity contribution is 6.07. The fourth-order valence-corrected chi connectivity index (χ4v) is 2.98. The van der Waals surface area contributed by atoms with Crippen LogP contribution in [0.25, 0.3) is 0 Å². The molecular weight excluding hydrogens is 376 g/mol. The molecule has 0 spiro atoms. The third-order valence-electron chi connectivity index (χ3n) is 4.55.